The molecule has 3 nitrogen and oxygen atoms in total. The van der Waals surface area contributed by atoms with Gasteiger partial charge >= 0.3 is 82.4 Å². The summed E-state index contributed by atoms with van der Waals surface area (Å²) < 4.78 is 0. The minimum absolute atomic E-state index is 0. The monoisotopic (exact) mass is 176 g/mol. The van der Waals surface area contributed by atoms with Crippen molar-refractivity contribution in [1.82, 2.24) is 0 Å². The van der Waals surface area contributed by atoms with Gasteiger partial charge in [0.2, 0.25) is 0 Å². The van der Waals surface area contributed by atoms with E-state index in [1.54, 1.807) is 0 Å². The molecule has 0 radical (unpaired) electrons. The average Bonchev–Trinajstić information content (AvgIpc) is 0.811. The molecule has 6 heteroatoms. The van der Waals surface area contributed by atoms with Gasteiger partial charge in [0, 0.05) is 0 Å². The molecule has 0 amide bonds. The fraction of sp³-hybridized carbons (Fsp3) is 0. The van der Waals surface area contributed by atoms with Gasteiger partial charge in [-0.05, 0) is 0 Å². The fourth-order valence-electron chi connectivity index (χ4n) is 0. The van der Waals surface area contributed by atoms with Crippen LogP contribution < -0.4 is 0 Å². The summed E-state index contributed by atoms with van der Waals surface area (Å²) in [6, 6.07) is 0. The topological polar surface area (TPSA) is 60.7 Å². The summed E-state index contributed by atoms with van der Waals surface area (Å²) in [5, 5.41) is 21.5. The molecule has 0 spiro atoms. The number of rotatable bonds is 0. The first-order valence-corrected chi connectivity index (χ1v) is 0.775. The van der Waals surface area contributed by atoms with Gasteiger partial charge in [-0.15, -0.1) is 0 Å². The van der Waals surface area contributed by atoms with E-state index in [1.807, 2.05) is 0 Å². The Morgan fingerprint density at radius 2 is 1.00 bits per heavy atom. The molecule has 0 unspecified atom stereocenters. The second-order valence-electron chi connectivity index (χ2n) is 0.346. The molecule has 0 aliphatic rings. The molecular formula is H6BNaO3Sr. The van der Waals surface area contributed by atoms with Crippen molar-refractivity contribution in [1.29, 1.82) is 0 Å². The summed E-state index contributed by atoms with van der Waals surface area (Å²) in [7, 11) is -2.17. The van der Waals surface area contributed by atoms with Gasteiger partial charge in [0.1, 0.15) is 0 Å². The van der Waals surface area contributed by atoms with Crippen molar-refractivity contribution in [3.05, 3.63) is 0 Å². The molecule has 0 rings (SSSR count). The van der Waals surface area contributed by atoms with Crippen LogP contribution in [0, 0.1) is 0 Å². The molecule has 0 saturated carbocycles. The first-order chi connectivity index (χ1) is 1.73. The van der Waals surface area contributed by atoms with Gasteiger partial charge in [0.25, 0.3) is 0 Å². The third kappa shape index (κ3) is 32.2. The molecule has 0 heterocycles. The van der Waals surface area contributed by atoms with Crippen molar-refractivity contribution < 1.29 is 15.1 Å². The van der Waals surface area contributed by atoms with Crippen molar-refractivity contribution in [2.45, 2.75) is 0 Å². The van der Waals surface area contributed by atoms with Crippen LogP contribution in [-0.4, -0.2) is 97.4 Å². The van der Waals surface area contributed by atoms with Crippen molar-refractivity contribution in [2.75, 3.05) is 0 Å². The van der Waals surface area contributed by atoms with E-state index in [-0.39, 0.29) is 75.0 Å². The second kappa shape index (κ2) is 10.4. The molecule has 0 aliphatic heterocycles. The van der Waals surface area contributed by atoms with E-state index in [1.165, 1.54) is 0 Å². The molecule has 0 saturated heterocycles. The van der Waals surface area contributed by atoms with E-state index in [2.05, 4.69) is 0 Å². The van der Waals surface area contributed by atoms with Crippen LogP contribution >= 0.6 is 0 Å². The van der Waals surface area contributed by atoms with Crippen LogP contribution in [0.3, 0.4) is 0 Å². The summed E-state index contributed by atoms with van der Waals surface area (Å²) in [5.41, 5.74) is 0. The van der Waals surface area contributed by atoms with Crippen molar-refractivity contribution in [3.8, 4) is 0 Å². The molecule has 6 heavy (non-hydrogen) atoms. The molecule has 0 aromatic heterocycles. The molecule has 0 aromatic rings. The van der Waals surface area contributed by atoms with Crippen LogP contribution in [0.15, 0.2) is 0 Å². The van der Waals surface area contributed by atoms with Gasteiger partial charge in [0.05, 0.1) is 0 Å². The molecule has 3 N–H and O–H groups in total. The Morgan fingerprint density at radius 3 is 1.00 bits per heavy atom. The van der Waals surface area contributed by atoms with E-state index < -0.39 is 7.32 Å². The number of hydrogen-bond acceptors (Lipinski definition) is 3. The van der Waals surface area contributed by atoms with Gasteiger partial charge in [-0.25, -0.2) is 0 Å². The maximum atomic E-state index is 7.17. The first kappa shape index (κ1) is 15.8. The van der Waals surface area contributed by atoms with Crippen LogP contribution in [0.5, 0.6) is 0 Å². The molecule has 0 bridgehead atoms. The summed E-state index contributed by atoms with van der Waals surface area (Å²) >= 11 is 0. The molecular weight excluding hydrogens is 169 g/mol. The van der Waals surface area contributed by atoms with Crippen LogP contribution in [0.25, 0.3) is 0 Å². The molecule has 0 fully saturated rings. The summed E-state index contributed by atoms with van der Waals surface area (Å²) in [4.78, 5) is 0. The van der Waals surface area contributed by atoms with Gasteiger partial charge in [-0.1, -0.05) is 0 Å². The van der Waals surface area contributed by atoms with E-state index in [0.29, 0.717) is 0 Å². The van der Waals surface area contributed by atoms with Gasteiger partial charge in [-0.2, -0.15) is 0 Å². The zero-order chi connectivity index (χ0) is 3.58. The Hall–Kier alpha value is 2.43. The first-order valence-electron chi connectivity index (χ1n) is 0.775. The summed E-state index contributed by atoms with van der Waals surface area (Å²) in [5.74, 6) is 0. The SMILES string of the molecule is OB(O)O.[NaH].[SrH2]. The number of hydrogen-bond donors (Lipinski definition) is 3. The van der Waals surface area contributed by atoms with Gasteiger partial charge < -0.3 is 15.1 Å². The summed E-state index contributed by atoms with van der Waals surface area (Å²) in [6.07, 6.45) is 0. The summed E-state index contributed by atoms with van der Waals surface area (Å²) in [6.45, 7) is 0. The van der Waals surface area contributed by atoms with Crippen LogP contribution in [0.4, 0.5) is 0 Å². The van der Waals surface area contributed by atoms with Crippen molar-refractivity contribution in [2.24, 2.45) is 0 Å². The Labute approximate surface area is 95.5 Å². The van der Waals surface area contributed by atoms with Gasteiger partial charge in [0.15, 0.2) is 0 Å². The predicted molar refractivity (Wildman–Crippen MR) is 28.1 cm³/mol. The third-order valence-corrected chi connectivity index (χ3v) is 0. The second-order valence-corrected chi connectivity index (χ2v) is 0.346. The zero-order valence-electron chi connectivity index (χ0n) is 1.92. The zero-order valence-corrected chi connectivity index (χ0v) is 1.92. The predicted octanol–water partition coefficient (Wildman–Crippen LogP) is -3.62. The maximum absolute atomic E-state index is 7.17. The Balaban J connectivity index is -0.0000000450. The Bertz CT molecular complexity index is 15.5. The van der Waals surface area contributed by atoms with E-state index in [0.717, 1.165) is 0 Å². The van der Waals surface area contributed by atoms with Crippen LogP contribution in [-0.2, 0) is 0 Å². The third-order valence-electron chi connectivity index (χ3n) is 0. The van der Waals surface area contributed by atoms with Crippen LogP contribution in [0.2, 0.25) is 0 Å². The quantitative estimate of drug-likeness (QED) is 0.333. The fourth-order valence-corrected chi connectivity index (χ4v) is 0. The van der Waals surface area contributed by atoms with Crippen molar-refractivity contribution >= 4 is 82.4 Å². The molecule has 30 valence electrons. The Kier molecular flexibility index (Phi) is 27.4. The molecule has 0 aliphatic carbocycles. The van der Waals surface area contributed by atoms with E-state index >= 15 is 0 Å². The van der Waals surface area contributed by atoms with E-state index in [4.69, 9.17) is 15.1 Å². The average molecular weight is 175 g/mol. The van der Waals surface area contributed by atoms with Crippen molar-refractivity contribution in [3.63, 3.8) is 0 Å². The molecule has 0 aromatic carbocycles. The standard InChI is InChI=1S/BH3O3.Na.Sr.3H/c2-1(3)4;;;;;/h2-4H;;;;;. The molecule has 0 atom stereocenters. The van der Waals surface area contributed by atoms with Gasteiger partial charge in [-0.3, -0.25) is 0 Å². The Morgan fingerprint density at radius 1 is 1.00 bits per heavy atom. The minimum atomic E-state index is -2.17. The van der Waals surface area contributed by atoms with E-state index in [9.17, 15) is 0 Å². The van der Waals surface area contributed by atoms with Crippen LogP contribution in [0.1, 0.15) is 0 Å². The normalized spacial score (nSPS) is 4.50.